The molecule has 4 heteroatoms. The fourth-order valence-electron chi connectivity index (χ4n) is 1.38. The Balaban J connectivity index is 2.23. The number of benzene rings is 1. The summed E-state index contributed by atoms with van der Waals surface area (Å²) < 4.78 is 4.87. The molecule has 1 aromatic carbocycles. The van der Waals surface area contributed by atoms with Crippen molar-refractivity contribution in [2.45, 2.75) is 6.92 Å². The van der Waals surface area contributed by atoms with E-state index in [1.165, 1.54) is 6.20 Å². The molecule has 0 aliphatic carbocycles. The Bertz CT molecular complexity index is 477. The van der Waals surface area contributed by atoms with Gasteiger partial charge in [-0.2, -0.15) is 0 Å². The molecule has 0 bridgehead atoms. The van der Waals surface area contributed by atoms with E-state index in [0.717, 1.165) is 5.56 Å². The molecule has 82 valence electrons. The minimum atomic E-state index is -0.378. The second-order valence-corrected chi connectivity index (χ2v) is 3.23. The molecule has 0 saturated heterocycles. The van der Waals surface area contributed by atoms with Crippen molar-refractivity contribution in [1.29, 1.82) is 0 Å². The van der Waals surface area contributed by atoms with Crippen molar-refractivity contribution in [3.05, 3.63) is 42.2 Å². The SMILES string of the molecule is CCOC(=O)c1cnc(-c2ccccc2)[nH]1. The predicted molar refractivity (Wildman–Crippen MR) is 60.0 cm³/mol. The van der Waals surface area contributed by atoms with Crippen molar-refractivity contribution in [2.75, 3.05) is 6.61 Å². The molecular weight excluding hydrogens is 204 g/mol. The quantitative estimate of drug-likeness (QED) is 0.800. The molecule has 0 aliphatic heterocycles. The summed E-state index contributed by atoms with van der Waals surface area (Å²) >= 11 is 0. The number of imidazole rings is 1. The summed E-state index contributed by atoms with van der Waals surface area (Å²) in [6.07, 6.45) is 1.49. The van der Waals surface area contributed by atoms with E-state index in [2.05, 4.69) is 9.97 Å². The minimum absolute atomic E-state index is 0.360. The van der Waals surface area contributed by atoms with Crippen LogP contribution in [0.5, 0.6) is 0 Å². The second-order valence-electron chi connectivity index (χ2n) is 3.23. The van der Waals surface area contributed by atoms with Crippen LogP contribution in [0.4, 0.5) is 0 Å². The molecule has 0 atom stereocenters. The maximum absolute atomic E-state index is 11.4. The summed E-state index contributed by atoms with van der Waals surface area (Å²) in [6.45, 7) is 2.13. The van der Waals surface area contributed by atoms with E-state index in [1.807, 2.05) is 30.3 Å². The van der Waals surface area contributed by atoms with Crippen molar-refractivity contribution in [3.8, 4) is 11.4 Å². The topological polar surface area (TPSA) is 55.0 Å². The average molecular weight is 216 g/mol. The molecule has 0 aliphatic rings. The Morgan fingerprint density at radius 1 is 1.38 bits per heavy atom. The number of aromatic nitrogens is 2. The first-order valence-electron chi connectivity index (χ1n) is 5.09. The van der Waals surface area contributed by atoms with Gasteiger partial charge in [0.2, 0.25) is 0 Å². The van der Waals surface area contributed by atoms with Gasteiger partial charge in [0.15, 0.2) is 0 Å². The van der Waals surface area contributed by atoms with Gasteiger partial charge in [0.05, 0.1) is 12.8 Å². The van der Waals surface area contributed by atoms with Gasteiger partial charge in [-0.25, -0.2) is 9.78 Å². The Hall–Kier alpha value is -2.10. The number of carbonyl (C=O) groups is 1. The van der Waals surface area contributed by atoms with Crippen LogP contribution in [-0.4, -0.2) is 22.5 Å². The first-order valence-corrected chi connectivity index (χ1v) is 5.09. The fourth-order valence-corrected chi connectivity index (χ4v) is 1.38. The number of carbonyl (C=O) groups excluding carboxylic acids is 1. The standard InChI is InChI=1S/C12H12N2O2/c1-2-16-12(15)10-8-13-11(14-10)9-6-4-3-5-7-9/h3-8H,2H2,1H3,(H,13,14). The third kappa shape index (κ3) is 2.11. The molecule has 0 saturated carbocycles. The zero-order valence-electron chi connectivity index (χ0n) is 8.93. The molecule has 1 heterocycles. The Morgan fingerprint density at radius 2 is 2.12 bits per heavy atom. The number of ether oxygens (including phenoxy) is 1. The van der Waals surface area contributed by atoms with Crippen LogP contribution in [0.15, 0.2) is 36.5 Å². The van der Waals surface area contributed by atoms with Crippen molar-refractivity contribution in [1.82, 2.24) is 9.97 Å². The Kier molecular flexibility index (Phi) is 3.00. The molecule has 16 heavy (non-hydrogen) atoms. The highest BCUT2D eigenvalue weighted by atomic mass is 16.5. The maximum atomic E-state index is 11.4. The number of aromatic amines is 1. The highest BCUT2D eigenvalue weighted by molar-refractivity contribution is 5.87. The lowest BCUT2D eigenvalue weighted by molar-refractivity contribution is 0.0520. The Labute approximate surface area is 93.3 Å². The first kappa shape index (κ1) is 10.4. The second kappa shape index (κ2) is 4.61. The number of nitrogens with zero attached hydrogens (tertiary/aromatic N) is 1. The van der Waals surface area contributed by atoms with Gasteiger partial charge in [-0.15, -0.1) is 0 Å². The van der Waals surface area contributed by atoms with Crippen molar-refractivity contribution >= 4 is 5.97 Å². The van der Waals surface area contributed by atoms with Crippen molar-refractivity contribution in [2.24, 2.45) is 0 Å². The number of H-pyrrole nitrogens is 1. The average Bonchev–Trinajstić information content (AvgIpc) is 2.80. The molecule has 0 unspecified atom stereocenters. The molecule has 0 spiro atoms. The zero-order valence-corrected chi connectivity index (χ0v) is 8.93. The minimum Gasteiger partial charge on any atom is -0.461 e. The van der Waals surface area contributed by atoms with E-state index < -0.39 is 0 Å². The van der Waals surface area contributed by atoms with Gasteiger partial charge in [0, 0.05) is 5.56 Å². The smallest absolute Gasteiger partial charge is 0.356 e. The number of hydrogen-bond donors (Lipinski definition) is 1. The van der Waals surface area contributed by atoms with Crippen LogP contribution in [0.1, 0.15) is 17.4 Å². The largest absolute Gasteiger partial charge is 0.461 e. The van der Waals surface area contributed by atoms with E-state index in [-0.39, 0.29) is 5.97 Å². The number of hydrogen-bond acceptors (Lipinski definition) is 3. The van der Waals surface area contributed by atoms with Crippen molar-refractivity contribution in [3.63, 3.8) is 0 Å². The molecule has 2 aromatic rings. The van der Waals surface area contributed by atoms with Crippen molar-refractivity contribution < 1.29 is 9.53 Å². The molecule has 0 radical (unpaired) electrons. The molecular formula is C12H12N2O2. The van der Waals surface area contributed by atoms with Crippen LogP contribution in [0.25, 0.3) is 11.4 Å². The highest BCUT2D eigenvalue weighted by Crippen LogP contribution is 2.14. The third-order valence-corrected chi connectivity index (χ3v) is 2.12. The highest BCUT2D eigenvalue weighted by Gasteiger charge is 2.10. The van der Waals surface area contributed by atoms with Crippen LogP contribution in [0.2, 0.25) is 0 Å². The summed E-state index contributed by atoms with van der Waals surface area (Å²) in [7, 11) is 0. The van der Waals surface area contributed by atoms with Gasteiger partial charge < -0.3 is 9.72 Å². The molecule has 4 nitrogen and oxygen atoms in total. The van der Waals surface area contributed by atoms with Gasteiger partial charge >= 0.3 is 5.97 Å². The number of nitrogens with one attached hydrogen (secondary N) is 1. The molecule has 2 rings (SSSR count). The molecule has 0 amide bonds. The first-order chi connectivity index (χ1) is 7.81. The monoisotopic (exact) mass is 216 g/mol. The van der Waals surface area contributed by atoms with Gasteiger partial charge in [-0.05, 0) is 6.92 Å². The van der Waals surface area contributed by atoms with Crippen LogP contribution in [0, 0.1) is 0 Å². The van der Waals surface area contributed by atoms with Gasteiger partial charge in [0.25, 0.3) is 0 Å². The van der Waals surface area contributed by atoms with E-state index in [1.54, 1.807) is 6.92 Å². The maximum Gasteiger partial charge on any atom is 0.356 e. The van der Waals surface area contributed by atoms with Gasteiger partial charge in [-0.1, -0.05) is 30.3 Å². The lowest BCUT2D eigenvalue weighted by Crippen LogP contribution is -2.04. The van der Waals surface area contributed by atoms with E-state index in [9.17, 15) is 4.79 Å². The molecule has 0 fully saturated rings. The fraction of sp³-hybridized carbons (Fsp3) is 0.167. The zero-order chi connectivity index (χ0) is 11.4. The third-order valence-electron chi connectivity index (χ3n) is 2.12. The summed E-state index contributed by atoms with van der Waals surface area (Å²) in [5, 5.41) is 0. The normalized spacial score (nSPS) is 10.1. The van der Waals surface area contributed by atoms with Crippen LogP contribution in [-0.2, 0) is 4.74 Å². The van der Waals surface area contributed by atoms with E-state index in [4.69, 9.17) is 4.74 Å². The van der Waals surface area contributed by atoms with Crippen LogP contribution < -0.4 is 0 Å². The lowest BCUT2D eigenvalue weighted by Gasteiger charge is -1.97. The molecule has 1 aromatic heterocycles. The van der Waals surface area contributed by atoms with Crippen LogP contribution in [0.3, 0.4) is 0 Å². The predicted octanol–water partition coefficient (Wildman–Crippen LogP) is 2.25. The summed E-state index contributed by atoms with van der Waals surface area (Å²) in [6, 6.07) is 9.62. The Morgan fingerprint density at radius 3 is 2.81 bits per heavy atom. The van der Waals surface area contributed by atoms with Crippen LogP contribution >= 0.6 is 0 Å². The summed E-state index contributed by atoms with van der Waals surface area (Å²) in [5.41, 5.74) is 1.32. The van der Waals surface area contributed by atoms with Gasteiger partial charge in [-0.3, -0.25) is 0 Å². The van der Waals surface area contributed by atoms with E-state index >= 15 is 0 Å². The van der Waals surface area contributed by atoms with Gasteiger partial charge in [0.1, 0.15) is 11.5 Å². The summed E-state index contributed by atoms with van der Waals surface area (Å²) in [4.78, 5) is 18.5. The summed E-state index contributed by atoms with van der Waals surface area (Å²) in [5.74, 6) is 0.292. The molecule has 1 N–H and O–H groups in total. The lowest BCUT2D eigenvalue weighted by atomic mass is 10.2. The number of esters is 1. The number of rotatable bonds is 3. The van der Waals surface area contributed by atoms with E-state index in [0.29, 0.717) is 18.1 Å².